The lowest BCUT2D eigenvalue weighted by Gasteiger charge is -2.31. The largest absolute Gasteiger partial charge is 0.508 e. The van der Waals surface area contributed by atoms with Crippen LogP contribution in [0, 0.1) is 0 Å². The predicted octanol–water partition coefficient (Wildman–Crippen LogP) is 6.22. The van der Waals surface area contributed by atoms with Gasteiger partial charge in [0.2, 0.25) is 5.91 Å². The number of alkyl halides is 3. The fourth-order valence-corrected chi connectivity index (χ4v) is 5.13. The van der Waals surface area contributed by atoms with Crippen LogP contribution in [0.25, 0.3) is 0 Å². The second-order valence-corrected chi connectivity index (χ2v) is 10.4. The number of benzene rings is 1. The van der Waals surface area contributed by atoms with E-state index in [4.69, 9.17) is 0 Å². The number of halogens is 3. The third-order valence-corrected chi connectivity index (χ3v) is 7.22. The molecular weight excluding hydrogens is 519 g/mol. The molecule has 0 spiro atoms. The fourth-order valence-electron chi connectivity index (χ4n) is 5.13. The van der Waals surface area contributed by atoms with Crippen molar-refractivity contribution >= 4 is 11.6 Å². The van der Waals surface area contributed by atoms with Gasteiger partial charge in [-0.05, 0) is 66.6 Å². The highest BCUT2D eigenvalue weighted by atomic mass is 19.4. The summed E-state index contributed by atoms with van der Waals surface area (Å²) >= 11 is 0. The predicted molar refractivity (Wildman–Crippen MR) is 144 cm³/mol. The molecule has 1 aromatic carbocycles. The molecule has 0 radical (unpaired) electrons. The summed E-state index contributed by atoms with van der Waals surface area (Å²) in [6.07, 6.45) is 3.83. The van der Waals surface area contributed by atoms with Crippen molar-refractivity contribution in [2.45, 2.75) is 64.2 Å². The fraction of sp³-hybridized carbons (Fsp3) is 0.333. The van der Waals surface area contributed by atoms with E-state index < -0.39 is 17.7 Å². The van der Waals surface area contributed by atoms with Crippen LogP contribution < -0.4 is 4.90 Å². The summed E-state index contributed by atoms with van der Waals surface area (Å²) in [5, 5.41) is 14.7. The SMILES string of the molecule is CC(C)c1ccc(N(Cc2cnn(Cc3cc(C(F)(F)F)ccn3)c2)C(=O)C2CCCc3c(O)cccc32)cn1. The Morgan fingerprint density at radius 3 is 2.70 bits per heavy atom. The minimum absolute atomic E-state index is 0.0534. The van der Waals surface area contributed by atoms with E-state index in [-0.39, 0.29) is 36.4 Å². The zero-order valence-electron chi connectivity index (χ0n) is 22.3. The summed E-state index contributed by atoms with van der Waals surface area (Å²) in [6.45, 7) is 4.34. The van der Waals surface area contributed by atoms with Crippen molar-refractivity contribution in [1.29, 1.82) is 0 Å². The van der Waals surface area contributed by atoms with Crippen molar-refractivity contribution in [3.63, 3.8) is 0 Å². The van der Waals surface area contributed by atoms with E-state index in [1.54, 1.807) is 35.6 Å². The van der Waals surface area contributed by atoms with Crippen LogP contribution in [-0.4, -0.2) is 30.8 Å². The summed E-state index contributed by atoms with van der Waals surface area (Å²) in [7, 11) is 0. The average molecular weight is 550 g/mol. The van der Waals surface area contributed by atoms with Crippen molar-refractivity contribution in [2.24, 2.45) is 0 Å². The lowest BCUT2D eigenvalue weighted by molar-refractivity contribution is -0.137. The Kier molecular flexibility index (Phi) is 7.60. The van der Waals surface area contributed by atoms with Gasteiger partial charge < -0.3 is 10.0 Å². The first-order valence-electron chi connectivity index (χ1n) is 13.2. The molecule has 7 nitrogen and oxygen atoms in total. The molecular formula is C30H30F3N5O2. The second kappa shape index (κ2) is 11.1. The third-order valence-electron chi connectivity index (χ3n) is 7.22. The first-order chi connectivity index (χ1) is 19.1. The Morgan fingerprint density at radius 1 is 1.15 bits per heavy atom. The maximum atomic E-state index is 14.1. The Morgan fingerprint density at radius 2 is 1.98 bits per heavy atom. The zero-order chi connectivity index (χ0) is 28.4. The maximum absolute atomic E-state index is 14.1. The number of aromatic hydroxyl groups is 1. The molecule has 40 heavy (non-hydrogen) atoms. The number of anilines is 1. The van der Waals surface area contributed by atoms with Gasteiger partial charge in [0.1, 0.15) is 5.75 Å². The lowest BCUT2D eigenvalue weighted by atomic mass is 9.81. The molecule has 3 heterocycles. The van der Waals surface area contributed by atoms with Crippen LogP contribution in [0.4, 0.5) is 18.9 Å². The number of nitrogens with zero attached hydrogens (tertiary/aromatic N) is 5. The second-order valence-electron chi connectivity index (χ2n) is 10.4. The van der Waals surface area contributed by atoms with Gasteiger partial charge in [0, 0.05) is 23.7 Å². The molecule has 1 aliphatic carbocycles. The van der Waals surface area contributed by atoms with E-state index in [1.165, 1.54) is 4.68 Å². The van der Waals surface area contributed by atoms with Gasteiger partial charge in [-0.15, -0.1) is 0 Å². The molecule has 10 heteroatoms. The third kappa shape index (κ3) is 5.85. The molecule has 1 amide bonds. The molecule has 0 saturated carbocycles. The average Bonchev–Trinajstić information content (AvgIpc) is 3.38. The minimum atomic E-state index is -4.46. The number of rotatable bonds is 7. The number of hydrogen-bond donors (Lipinski definition) is 1. The monoisotopic (exact) mass is 549 g/mol. The van der Waals surface area contributed by atoms with E-state index in [9.17, 15) is 23.1 Å². The van der Waals surface area contributed by atoms with Crippen LogP contribution in [0.15, 0.2) is 67.3 Å². The highest BCUT2D eigenvalue weighted by Gasteiger charge is 2.33. The number of amides is 1. The molecule has 0 aliphatic heterocycles. The van der Waals surface area contributed by atoms with Gasteiger partial charge in [0.25, 0.3) is 0 Å². The lowest BCUT2D eigenvalue weighted by Crippen LogP contribution is -2.36. The number of carbonyl (C=O) groups is 1. The smallest absolute Gasteiger partial charge is 0.416 e. The molecule has 0 bridgehead atoms. The van der Waals surface area contributed by atoms with Gasteiger partial charge in [0.05, 0.1) is 48.3 Å². The normalized spacial score (nSPS) is 15.2. The summed E-state index contributed by atoms with van der Waals surface area (Å²) < 4.78 is 40.9. The molecule has 5 rings (SSSR count). The standard InChI is InChI=1S/C30H30F3N5O2/c1-19(2)27-10-9-23(15-35-27)38(29(40)26-7-3-6-25-24(26)5-4-8-28(25)39)17-20-14-36-37(16-20)18-22-13-21(11-12-34-22)30(31,32)33/h4-5,8-16,19,26,39H,3,6-7,17-18H2,1-2H3. The first-order valence-corrected chi connectivity index (χ1v) is 13.2. The van der Waals surface area contributed by atoms with Gasteiger partial charge in [0.15, 0.2) is 0 Å². The van der Waals surface area contributed by atoms with Gasteiger partial charge in [-0.1, -0.05) is 26.0 Å². The van der Waals surface area contributed by atoms with E-state index in [1.807, 2.05) is 32.0 Å². The van der Waals surface area contributed by atoms with Crippen molar-refractivity contribution in [2.75, 3.05) is 4.90 Å². The van der Waals surface area contributed by atoms with Gasteiger partial charge in [-0.2, -0.15) is 18.3 Å². The van der Waals surface area contributed by atoms with Gasteiger partial charge in [-0.25, -0.2) is 0 Å². The number of pyridine rings is 2. The van der Waals surface area contributed by atoms with Crippen molar-refractivity contribution in [3.05, 3.63) is 101 Å². The molecule has 208 valence electrons. The first kappa shape index (κ1) is 27.4. The Hall–Kier alpha value is -4.21. The molecule has 0 saturated heterocycles. The van der Waals surface area contributed by atoms with Crippen LogP contribution >= 0.6 is 0 Å². The van der Waals surface area contributed by atoms with Crippen molar-refractivity contribution < 1.29 is 23.1 Å². The zero-order valence-corrected chi connectivity index (χ0v) is 22.3. The van der Waals surface area contributed by atoms with Crippen LogP contribution in [-0.2, 0) is 30.5 Å². The topological polar surface area (TPSA) is 84.1 Å². The molecule has 1 atom stereocenters. The number of phenols is 1. The molecule has 0 fully saturated rings. The van der Waals surface area contributed by atoms with Crippen LogP contribution in [0.2, 0.25) is 0 Å². The molecule has 1 N–H and O–H groups in total. The van der Waals surface area contributed by atoms with Gasteiger partial charge in [-0.3, -0.25) is 19.4 Å². The van der Waals surface area contributed by atoms with E-state index in [0.29, 0.717) is 24.1 Å². The number of hydrogen-bond acceptors (Lipinski definition) is 5. The number of phenolic OH excluding ortho intramolecular Hbond substituents is 1. The van der Waals surface area contributed by atoms with Gasteiger partial charge >= 0.3 is 6.18 Å². The molecule has 4 aromatic rings. The highest BCUT2D eigenvalue weighted by Crippen LogP contribution is 2.38. The number of fused-ring (bicyclic) bond motifs is 1. The van der Waals surface area contributed by atoms with E-state index in [2.05, 4.69) is 15.1 Å². The van der Waals surface area contributed by atoms with Crippen LogP contribution in [0.1, 0.15) is 72.2 Å². The van der Waals surface area contributed by atoms with Crippen LogP contribution in [0.3, 0.4) is 0 Å². The summed E-state index contributed by atoms with van der Waals surface area (Å²) in [4.78, 5) is 24.4. The Labute approximate surface area is 230 Å². The van der Waals surface area contributed by atoms with Crippen molar-refractivity contribution in [1.82, 2.24) is 19.7 Å². The number of carbonyl (C=O) groups excluding carboxylic acids is 1. The van der Waals surface area contributed by atoms with E-state index in [0.717, 1.165) is 41.6 Å². The molecule has 1 unspecified atom stereocenters. The maximum Gasteiger partial charge on any atom is 0.416 e. The quantitative estimate of drug-likeness (QED) is 0.296. The van der Waals surface area contributed by atoms with Crippen molar-refractivity contribution in [3.8, 4) is 5.75 Å². The molecule has 3 aromatic heterocycles. The highest BCUT2D eigenvalue weighted by molar-refractivity contribution is 5.98. The summed E-state index contributed by atoms with van der Waals surface area (Å²) in [6, 6.07) is 11.0. The Bertz CT molecular complexity index is 1500. The molecule has 1 aliphatic rings. The minimum Gasteiger partial charge on any atom is -0.508 e. The van der Waals surface area contributed by atoms with Crippen LogP contribution in [0.5, 0.6) is 5.75 Å². The summed E-state index contributed by atoms with van der Waals surface area (Å²) in [5.74, 6) is -0.106. The van der Waals surface area contributed by atoms with E-state index >= 15 is 0 Å². The summed E-state index contributed by atoms with van der Waals surface area (Å²) in [5.41, 5.74) is 3.35. The Balaban J connectivity index is 1.43. The number of aromatic nitrogens is 4.